The minimum Gasteiger partial charge on any atom is -0.497 e. The Bertz CT molecular complexity index is 777. The predicted molar refractivity (Wildman–Crippen MR) is 94.1 cm³/mol. The Morgan fingerprint density at radius 3 is 2.40 bits per heavy atom. The van der Waals surface area contributed by atoms with E-state index in [2.05, 4.69) is 20.8 Å². The number of hydrogen-bond donors (Lipinski definition) is 3. The number of nitrogens with one attached hydrogen (secondary N) is 3. The van der Waals surface area contributed by atoms with Gasteiger partial charge in [-0.15, -0.1) is 0 Å². The van der Waals surface area contributed by atoms with Crippen LogP contribution in [-0.2, 0) is 4.74 Å². The van der Waals surface area contributed by atoms with Crippen LogP contribution < -0.4 is 15.4 Å². The zero-order valence-corrected chi connectivity index (χ0v) is 14.9. The second-order valence-electron chi connectivity index (χ2n) is 6.43. The Labute approximate surface area is 145 Å². The molecule has 1 aromatic heterocycles. The molecule has 0 aliphatic heterocycles. The molecular weight excluding hydrogens is 324 g/mol. The monoisotopic (exact) mass is 346 g/mol. The third-order valence-corrected chi connectivity index (χ3v) is 3.05. The molecule has 0 spiro atoms. The summed E-state index contributed by atoms with van der Waals surface area (Å²) in [5, 5.41) is 12.0. The zero-order chi connectivity index (χ0) is 18.6. The number of nitrogens with zero attached hydrogens (tertiary/aromatic N) is 1. The molecule has 3 N–H and O–H groups in total. The van der Waals surface area contributed by atoms with Gasteiger partial charge in [0, 0.05) is 11.8 Å². The molecule has 0 unspecified atom stereocenters. The average molecular weight is 346 g/mol. The number of methoxy groups -OCH3 is 1. The first kappa shape index (κ1) is 18.3. The van der Waals surface area contributed by atoms with Crippen LogP contribution in [0.2, 0.25) is 0 Å². The summed E-state index contributed by atoms with van der Waals surface area (Å²) in [6.45, 7) is 7.10. The van der Waals surface area contributed by atoms with Crippen molar-refractivity contribution in [2.75, 3.05) is 17.7 Å². The van der Waals surface area contributed by atoms with Crippen LogP contribution in [0.3, 0.4) is 0 Å². The van der Waals surface area contributed by atoms with Crippen LogP contribution in [0.4, 0.5) is 16.2 Å². The Kier molecular flexibility index (Phi) is 5.31. The van der Waals surface area contributed by atoms with Gasteiger partial charge in [0.15, 0.2) is 5.69 Å². The summed E-state index contributed by atoms with van der Waals surface area (Å²) in [4.78, 5) is 24.3. The summed E-state index contributed by atoms with van der Waals surface area (Å²) < 4.78 is 10.4. The summed E-state index contributed by atoms with van der Waals surface area (Å²) in [6, 6.07) is 6.51. The number of aryl methyl sites for hydroxylation is 1. The Hall–Kier alpha value is -3.03. The minimum absolute atomic E-state index is 0.239. The maximum atomic E-state index is 12.3. The fourth-order valence-corrected chi connectivity index (χ4v) is 2.00. The van der Waals surface area contributed by atoms with E-state index in [-0.39, 0.29) is 5.69 Å². The van der Waals surface area contributed by atoms with Gasteiger partial charge >= 0.3 is 6.09 Å². The first-order valence-corrected chi connectivity index (χ1v) is 7.69. The smallest absolute Gasteiger partial charge is 0.412 e. The molecule has 0 saturated heterocycles. The molecule has 0 radical (unpaired) electrons. The van der Waals surface area contributed by atoms with Crippen LogP contribution in [0.5, 0.6) is 5.75 Å². The maximum Gasteiger partial charge on any atom is 0.412 e. The normalized spacial score (nSPS) is 10.9. The maximum absolute atomic E-state index is 12.3. The number of anilines is 2. The van der Waals surface area contributed by atoms with Gasteiger partial charge in [-0.1, -0.05) is 0 Å². The molecule has 0 aliphatic carbocycles. The quantitative estimate of drug-likeness (QED) is 0.787. The minimum atomic E-state index is -0.632. The number of aromatic nitrogens is 2. The molecule has 8 nitrogen and oxygen atoms in total. The first-order valence-electron chi connectivity index (χ1n) is 7.69. The molecule has 0 aliphatic rings. The van der Waals surface area contributed by atoms with E-state index in [1.165, 1.54) is 7.11 Å². The van der Waals surface area contributed by atoms with Crippen molar-refractivity contribution in [3.05, 3.63) is 35.7 Å². The first-order chi connectivity index (χ1) is 11.7. The third-order valence-electron chi connectivity index (χ3n) is 3.05. The fraction of sp³-hybridized carbons (Fsp3) is 0.353. The van der Waals surface area contributed by atoms with Gasteiger partial charge in [0.2, 0.25) is 0 Å². The van der Waals surface area contributed by atoms with Crippen molar-refractivity contribution < 1.29 is 19.1 Å². The lowest BCUT2D eigenvalue weighted by molar-refractivity contribution is 0.0635. The number of amides is 2. The topological polar surface area (TPSA) is 105 Å². The number of hydrogen-bond acceptors (Lipinski definition) is 5. The standard InChI is InChI=1S/C17H22N4O4/c1-10-8-14(21-20-10)15(22)18-13-9-11(24-5)6-7-12(13)19-16(23)25-17(2,3)4/h6-9H,1-5H3,(H,18,22)(H,19,23)(H,20,21). The molecule has 134 valence electrons. The molecule has 0 saturated carbocycles. The van der Waals surface area contributed by atoms with Crippen LogP contribution in [0.1, 0.15) is 37.0 Å². The summed E-state index contributed by atoms with van der Waals surface area (Å²) in [5.41, 5.74) is 1.13. The molecule has 0 bridgehead atoms. The predicted octanol–water partition coefficient (Wildman–Crippen LogP) is 3.33. The number of ether oxygens (including phenoxy) is 2. The number of carbonyl (C=O) groups is 2. The third kappa shape index (κ3) is 5.23. The van der Waals surface area contributed by atoms with Crippen molar-refractivity contribution in [2.24, 2.45) is 0 Å². The van der Waals surface area contributed by atoms with Crippen molar-refractivity contribution in [3.63, 3.8) is 0 Å². The molecule has 2 aromatic rings. The molecule has 1 heterocycles. The Balaban J connectivity index is 2.22. The summed E-state index contributed by atoms with van der Waals surface area (Å²) in [5.74, 6) is 0.119. The zero-order valence-electron chi connectivity index (χ0n) is 14.9. The van der Waals surface area contributed by atoms with Gasteiger partial charge in [-0.3, -0.25) is 15.2 Å². The molecule has 8 heteroatoms. The van der Waals surface area contributed by atoms with Gasteiger partial charge in [0.25, 0.3) is 5.91 Å². The van der Waals surface area contributed by atoms with Crippen LogP contribution in [0.25, 0.3) is 0 Å². The van der Waals surface area contributed by atoms with Crippen LogP contribution in [0, 0.1) is 6.92 Å². The van der Waals surface area contributed by atoms with E-state index in [1.807, 2.05) is 0 Å². The van der Waals surface area contributed by atoms with E-state index in [0.717, 1.165) is 5.69 Å². The van der Waals surface area contributed by atoms with E-state index in [1.54, 1.807) is 52.0 Å². The van der Waals surface area contributed by atoms with Crippen molar-refractivity contribution in [2.45, 2.75) is 33.3 Å². The van der Waals surface area contributed by atoms with Crippen molar-refractivity contribution in [1.82, 2.24) is 10.2 Å². The van der Waals surface area contributed by atoms with E-state index >= 15 is 0 Å². The van der Waals surface area contributed by atoms with E-state index in [4.69, 9.17) is 9.47 Å². The van der Waals surface area contributed by atoms with Crippen LogP contribution in [0.15, 0.2) is 24.3 Å². The molecule has 1 aromatic carbocycles. The van der Waals surface area contributed by atoms with E-state index in [9.17, 15) is 9.59 Å². The molecule has 2 amide bonds. The second-order valence-corrected chi connectivity index (χ2v) is 6.43. The Morgan fingerprint density at radius 1 is 1.12 bits per heavy atom. The molecular formula is C17H22N4O4. The number of H-pyrrole nitrogens is 1. The molecule has 25 heavy (non-hydrogen) atoms. The van der Waals surface area contributed by atoms with Gasteiger partial charge in [0.05, 0.1) is 18.5 Å². The highest BCUT2D eigenvalue weighted by molar-refractivity contribution is 6.06. The highest BCUT2D eigenvalue weighted by Crippen LogP contribution is 2.28. The SMILES string of the molecule is COc1ccc(NC(=O)OC(C)(C)C)c(NC(=O)c2cc(C)[nH]n2)c1. The van der Waals surface area contributed by atoms with Crippen LogP contribution >= 0.6 is 0 Å². The summed E-state index contributed by atoms with van der Waals surface area (Å²) in [6.07, 6.45) is -0.622. The van der Waals surface area contributed by atoms with Gasteiger partial charge in [-0.05, 0) is 45.9 Å². The van der Waals surface area contributed by atoms with Gasteiger partial charge in [0.1, 0.15) is 11.4 Å². The fourth-order valence-electron chi connectivity index (χ4n) is 2.00. The van der Waals surface area contributed by atoms with Gasteiger partial charge in [-0.2, -0.15) is 5.10 Å². The lowest BCUT2D eigenvalue weighted by atomic mass is 10.2. The molecule has 0 atom stereocenters. The largest absolute Gasteiger partial charge is 0.497 e. The highest BCUT2D eigenvalue weighted by Gasteiger charge is 2.19. The lowest BCUT2D eigenvalue weighted by Crippen LogP contribution is -2.27. The second kappa shape index (κ2) is 7.25. The molecule has 2 rings (SSSR count). The number of benzene rings is 1. The Morgan fingerprint density at radius 2 is 1.84 bits per heavy atom. The van der Waals surface area contributed by atoms with Crippen molar-refractivity contribution in [3.8, 4) is 5.75 Å². The average Bonchev–Trinajstić information content (AvgIpc) is 2.93. The number of rotatable bonds is 4. The van der Waals surface area contributed by atoms with E-state index < -0.39 is 17.6 Å². The number of carbonyl (C=O) groups excluding carboxylic acids is 2. The lowest BCUT2D eigenvalue weighted by Gasteiger charge is -2.20. The summed E-state index contributed by atoms with van der Waals surface area (Å²) >= 11 is 0. The highest BCUT2D eigenvalue weighted by atomic mass is 16.6. The summed E-state index contributed by atoms with van der Waals surface area (Å²) in [7, 11) is 1.51. The van der Waals surface area contributed by atoms with Crippen molar-refractivity contribution in [1.29, 1.82) is 0 Å². The number of aromatic amines is 1. The van der Waals surface area contributed by atoms with Gasteiger partial charge < -0.3 is 14.8 Å². The van der Waals surface area contributed by atoms with Crippen molar-refractivity contribution >= 4 is 23.4 Å². The molecule has 0 fully saturated rings. The van der Waals surface area contributed by atoms with E-state index in [0.29, 0.717) is 17.1 Å². The van der Waals surface area contributed by atoms with Crippen LogP contribution in [-0.4, -0.2) is 34.9 Å². The van der Waals surface area contributed by atoms with Gasteiger partial charge in [-0.25, -0.2) is 4.79 Å².